The van der Waals surface area contributed by atoms with E-state index in [1.54, 1.807) is 11.8 Å². The fourth-order valence-corrected chi connectivity index (χ4v) is 5.17. The monoisotopic (exact) mass is 374 g/mol. The van der Waals surface area contributed by atoms with E-state index in [2.05, 4.69) is 30.0 Å². The Hall–Kier alpha value is -1.12. The minimum atomic E-state index is 0.725. The molecule has 0 spiro atoms. The first-order valence-corrected chi connectivity index (χ1v) is 10.3. The van der Waals surface area contributed by atoms with Crippen LogP contribution in [0.2, 0.25) is 5.02 Å². The largest absolute Gasteiger partial charge is 0.297 e. The van der Waals surface area contributed by atoms with Crippen molar-refractivity contribution in [3.63, 3.8) is 0 Å². The lowest BCUT2D eigenvalue weighted by Crippen LogP contribution is -2.32. The Morgan fingerprint density at radius 1 is 1.21 bits per heavy atom. The molecule has 0 bridgehead atoms. The zero-order valence-corrected chi connectivity index (χ0v) is 16.0. The van der Waals surface area contributed by atoms with Gasteiger partial charge < -0.3 is 0 Å². The molecule has 0 N–H and O–H groups in total. The van der Waals surface area contributed by atoms with Crippen molar-refractivity contribution in [2.45, 2.75) is 23.3 Å². The van der Waals surface area contributed by atoms with Crippen LogP contribution in [-0.2, 0) is 6.54 Å². The predicted molar refractivity (Wildman–Crippen MR) is 104 cm³/mol. The zero-order valence-electron chi connectivity index (χ0n) is 13.6. The highest BCUT2D eigenvalue weighted by Gasteiger charge is 2.14. The molecular weight excluding hydrogens is 356 g/mol. The molecule has 1 aliphatic rings. The first-order chi connectivity index (χ1) is 11.6. The van der Waals surface area contributed by atoms with Crippen molar-refractivity contribution in [2.24, 2.45) is 0 Å². The molecule has 1 fully saturated rings. The van der Waals surface area contributed by atoms with E-state index >= 15 is 0 Å². The number of nitrogens with zero attached hydrogens (tertiary/aromatic N) is 2. The fraction of sp³-hybridized carbons (Fsp3) is 0.316. The summed E-state index contributed by atoms with van der Waals surface area (Å²) >= 11 is 9.93. The summed E-state index contributed by atoms with van der Waals surface area (Å²) in [5.74, 6) is 2.38. The minimum Gasteiger partial charge on any atom is -0.297 e. The minimum absolute atomic E-state index is 0.725. The third-order valence-electron chi connectivity index (χ3n) is 3.93. The molecule has 0 aliphatic carbocycles. The number of aryl methyl sites for hydroxylation is 1. The van der Waals surface area contributed by atoms with Gasteiger partial charge in [-0.25, -0.2) is 0 Å². The summed E-state index contributed by atoms with van der Waals surface area (Å²) < 4.78 is 0. The number of halogens is 1. The number of benzene rings is 2. The molecule has 1 aliphatic heterocycles. The maximum atomic E-state index is 9.23. The number of hydrogen-bond donors (Lipinski definition) is 0. The van der Waals surface area contributed by atoms with Gasteiger partial charge in [-0.3, -0.25) is 4.90 Å². The molecule has 1 saturated heterocycles. The van der Waals surface area contributed by atoms with E-state index in [0.29, 0.717) is 0 Å². The third-order valence-corrected chi connectivity index (χ3v) is 6.18. The Balaban J connectivity index is 1.86. The van der Waals surface area contributed by atoms with Crippen LogP contribution in [0, 0.1) is 18.3 Å². The van der Waals surface area contributed by atoms with E-state index in [9.17, 15) is 5.26 Å². The fourth-order valence-electron chi connectivity index (χ4n) is 2.76. The summed E-state index contributed by atoms with van der Waals surface area (Å²) in [6.07, 6.45) is 0. The van der Waals surface area contributed by atoms with Gasteiger partial charge in [0, 0.05) is 46.0 Å². The van der Waals surface area contributed by atoms with Gasteiger partial charge in [0.15, 0.2) is 0 Å². The summed E-state index contributed by atoms with van der Waals surface area (Å²) in [4.78, 5) is 4.81. The van der Waals surface area contributed by atoms with Crippen LogP contribution in [0.15, 0.2) is 46.2 Å². The summed E-state index contributed by atoms with van der Waals surface area (Å²) in [6, 6.07) is 14.4. The van der Waals surface area contributed by atoms with Gasteiger partial charge in [-0.1, -0.05) is 23.4 Å². The molecule has 2 aromatic carbocycles. The second kappa shape index (κ2) is 8.31. The smallest absolute Gasteiger partial charge is 0.0991 e. The first-order valence-electron chi connectivity index (χ1n) is 7.92. The normalized spacial score (nSPS) is 15.2. The maximum absolute atomic E-state index is 9.23. The van der Waals surface area contributed by atoms with Crippen molar-refractivity contribution in [3.8, 4) is 6.07 Å². The molecule has 1 heterocycles. The van der Waals surface area contributed by atoms with Crippen molar-refractivity contribution >= 4 is 35.1 Å². The van der Waals surface area contributed by atoms with Crippen LogP contribution in [0.3, 0.4) is 0 Å². The van der Waals surface area contributed by atoms with Crippen molar-refractivity contribution in [1.29, 1.82) is 5.26 Å². The molecule has 5 heteroatoms. The van der Waals surface area contributed by atoms with Crippen molar-refractivity contribution in [3.05, 3.63) is 58.1 Å². The van der Waals surface area contributed by atoms with E-state index in [0.717, 1.165) is 40.7 Å². The zero-order chi connectivity index (χ0) is 16.9. The van der Waals surface area contributed by atoms with E-state index in [1.807, 2.05) is 36.0 Å². The average molecular weight is 375 g/mol. The van der Waals surface area contributed by atoms with Gasteiger partial charge in [0.05, 0.1) is 11.6 Å². The molecule has 0 saturated carbocycles. The molecule has 0 unspecified atom stereocenters. The highest BCUT2D eigenvalue weighted by molar-refractivity contribution is 7.99. The third kappa shape index (κ3) is 4.70. The Bertz CT molecular complexity index is 744. The van der Waals surface area contributed by atoms with E-state index in [1.165, 1.54) is 22.0 Å². The molecule has 3 rings (SSSR count). The number of hydrogen-bond acceptors (Lipinski definition) is 4. The lowest BCUT2D eigenvalue weighted by molar-refractivity contribution is 0.292. The van der Waals surface area contributed by atoms with Gasteiger partial charge in [0.25, 0.3) is 0 Å². The van der Waals surface area contributed by atoms with Crippen molar-refractivity contribution in [1.82, 2.24) is 4.90 Å². The molecule has 24 heavy (non-hydrogen) atoms. The molecule has 0 aromatic heterocycles. The Labute approximate surface area is 157 Å². The van der Waals surface area contributed by atoms with Gasteiger partial charge in [-0.2, -0.15) is 17.0 Å². The molecule has 0 radical (unpaired) electrons. The first kappa shape index (κ1) is 17.7. The lowest BCUT2D eigenvalue weighted by Gasteiger charge is -2.27. The molecule has 0 atom stereocenters. The van der Waals surface area contributed by atoms with Gasteiger partial charge in [0.2, 0.25) is 0 Å². The van der Waals surface area contributed by atoms with Crippen molar-refractivity contribution in [2.75, 3.05) is 24.6 Å². The molecule has 2 nitrogen and oxygen atoms in total. The highest BCUT2D eigenvalue weighted by atomic mass is 35.5. The van der Waals surface area contributed by atoms with Crippen LogP contribution in [0.1, 0.15) is 16.7 Å². The van der Waals surface area contributed by atoms with Gasteiger partial charge >= 0.3 is 0 Å². The number of rotatable bonds is 4. The summed E-state index contributed by atoms with van der Waals surface area (Å²) in [7, 11) is 0. The van der Waals surface area contributed by atoms with Crippen LogP contribution in [0.25, 0.3) is 0 Å². The SMILES string of the molecule is Cc1cc(Cl)cc(Sc2ccc(C#N)cc2CN2CCSCC2)c1. The Morgan fingerprint density at radius 3 is 2.71 bits per heavy atom. The van der Waals surface area contributed by atoms with Crippen LogP contribution < -0.4 is 0 Å². The van der Waals surface area contributed by atoms with E-state index in [4.69, 9.17) is 11.6 Å². The van der Waals surface area contributed by atoms with Gasteiger partial charge in [-0.05, 0) is 54.4 Å². The van der Waals surface area contributed by atoms with Crippen molar-refractivity contribution < 1.29 is 0 Å². The summed E-state index contributed by atoms with van der Waals surface area (Å²) in [5.41, 5.74) is 3.11. The quantitative estimate of drug-likeness (QED) is 0.733. The highest BCUT2D eigenvalue weighted by Crippen LogP contribution is 2.34. The Morgan fingerprint density at radius 2 is 2.00 bits per heavy atom. The lowest BCUT2D eigenvalue weighted by atomic mass is 10.1. The molecular formula is C19H19ClN2S2. The second-order valence-electron chi connectivity index (χ2n) is 5.89. The standard InChI is InChI=1S/C19H19ClN2S2/c1-14-8-17(20)11-18(9-14)24-19-3-2-15(12-21)10-16(19)13-22-4-6-23-7-5-22/h2-3,8-11H,4-7,13H2,1H3. The summed E-state index contributed by atoms with van der Waals surface area (Å²) in [5, 5.41) is 9.99. The topological polar surface area (TPSA) is 27.0 Å². The van der Waals surface area contributed by atoms with Crippen LogP contribution >= 0.6 is 35.1 Å². The summed E-state index contributed by atoms with van der Waals surface area (Å²) in [6.45, 7) is 5.18. The average Bonchev–Trinajstić information content (AvgIpc) is 2.56. The predicted octanol–water partition coefficient (Wildman–Crippen LogP) is 5.22. The Kier molecular flexibility index (Phi) is 6.13. The number of thioether (sulfide) groups is 1. The molecule has 124 valence electrons. The van der Waals surface area contributed by atoms with Gasteiger partial charge in [-0.15, -0.1) is 0 Å². The molecule has 0 amide bonds. The van der Waals surface area contributed by atoms with Crippen LogP contribution in [0.5, 0.6) is 0 Å². The van der Waals surface area contributed by atoms with Crippen LogP contribution in [-0.4, -0.2) is 29.5 Å². The van der Waals surface area contributed by atoms with E-state index < -0.39 is 0 Å². The van der Waals surface area contributed by atoms with Gasteiger partial charge in [0.1, 0.15) is 0 Å². The maximum Gasteiger partial charge on any atom is 0.0991 e. The van der Waals surface area contributed by atoms with E-state index in [-0.39, 0.29) is 0 Å². The number of nitriles is 1. The molecule has 2 aromatic rings. The van der Waals surface area contributed by atoms with Crippen LogP contribution in [0.4, 0.5) is 0 Å². The second-order valence-corrected chi connectivity index (χ2v) is 8.67.